The minimum Gasteiger partial charge on any atom is -0.479 e. The second-order valence-corrected chi connectivity index (χ2v) is 8.95. The van der Waals surface area contributed by atoms with Crippen molar-refractivity contribution in [3.8, 4) is 5.75 Å². The Kier molecular flexibility index (Phi) is 7.59. The number of rotatable bonds is 9. The maximum absolute atomic E-state index is 13.8. The summed E-state index contributed by atoms with van der Waals surface area (Å²) in [5.41, 5.74) is 0. The molecule has 27 heavy (non-hydrogen) atoms. The van der Waals surface area contributed by atoms with Crippen molar-refractivity contribution in [1.29, 1.82) is 0 Å². The van der Waals surface area contributed by atoms with Crippen LogP contribution in [0.4, 0.5) is 8.78 Å². The fraction of sp³-hybridized carbons (Fsp3) is 0.188. The Hall–Kier alpha value is -1.69. The zero-order chi connectivity index (χ0) is 20.0. The van der Waals surface area contributed by atoms with Gasteiger partial charge in [0.1, 0.15) is 0 Å². The van der Waals surface area contributed by atoms with Crippen molar-refractivity contribution in [2.24, 2.45) is 0 Å². The summed E-state index contributed by atoms with van der Waals surface area (Å²) in [7, 11) is -3.68. The van der Waals surface area contributed by atoms with Gasteiger partial charge in [-0.3, -0.25) is 0 Å². The molecule has 11 heteroatoms. The minimum absolute atomic E-state index is 0.0452. The fourth-order valence-electron chi connectivity index (χ4n) is 1.93. The van der Waals surface area contributed by atoms with Crippen LogP contribution in [-0.2, 0) is 14.8 Å². The standard InChI is InChI=1S/C16H14BrF2NO5S2/c17-10-1-3-12(4-2-10)27(23,24)20-5-6-26-11-7-13(18)16(14(19)8-11)25-9-15(21)22/h1-4,7-8,20H,5-6,9H2,(H,21,22). The summed E-state index contributed by atoms with van der Waals surface area (Å²) in [6.45, 7) is -0.818. The van der Waals surface area contributed by atoms with Crippen LogP contribution in [0, 0.1) is 11.6 Å². The number of nitrogens with one attached hydrogen (secondary N) is 1. The van der Waals surface area contributed by atoms with Crippen LogP contribution in [-0.4, -0.2) is 38.4 Å². The highest BCUT2D eigenvalue weighted by Gasteiger charge is 2.15. The zero-order valence-corrected chi connectivity index (χ0v) is 16.8. The van der Waals surface area contributed by atoms with Crippen molar-refractivity contribution in [3.63, 3.8) is 0 Å². The third-order valence-corrected chi connectivity index (χ3v) is 6.08. The molecule has 0 radical (unpaired) electrons. The van der Waals surface area contributed by atoms with Gasteiger partial charge in [0.2, 0.25) is 10.0 Å². The normalized spacial score (nSPS) is 11.4. The SMILES string of the molecule is O=C(O)COc1c(F)cc(SCCNS(=O)(=O)c2ccc(Br)cc2)cc1F. The second-order valence-electron chi connectivity index (χ2n) is 5.10. The molecule has 146 valence electrons. The summed E-state index contributed by atoms with van der Waals surface area (Å²) in [4.78, 5) is 10.7. The molecule has 0 fully saturated rings. The van der Waals surface area contributed by atoms with E-state index >= 15 is 0 Å². The predicted molar refractivity (Wildman–Crippen MR) is 99.5 cm³/mol. The molecule has 0 amide bonds. The summed E-state index contributed by atoms with van der Waals surface area (Å²) in [5.74, 6) is -3.96. The Morgan fingerprint density at radius 3 is 2.33 bits per heavy atom. The van der Waals surface area contributed by atoms with Crippen LogP contribution in [0.2, 0.25) is 0 Å². The Labute approximate surface area is 167 Å². The molecule has 0 aliphatic rings. The first-order valence-corrected chi connectivity index (χ1v) is 10.7. The van der Waals surface area contributed by atoms with E-state index in [1.54, 1.807) is 12.1 Å². The van der Waals surface area contributed by atoms with Gasteiger partial charge in [-0.2, -0.15) is 0 Å². The van der Waals surface area contributed by atoms with E-state index in [9.17, 15) is 22.0 Å². The number of carbonyl (C=O) groups is 1. The maximum atomic E-state index is 13.8. The molecule has 6 nitrogen and oxygen atoms in total. The highest BCUT2D eigenvalue weighted by atomic mass is 79.9. The molecule has 0 saturated heterocycles. The first-order chi connectivity index (χ1) is 12.7. The number of carboxylic acid groups (broad SMARTS) is 1. The molecule has 0 spiro atoms. The molecule has 0 aromatic heterocycles. The molecule has 0 saturated carbocycles. The van der Waals surface area contributed by atoms with Crippen molar-refractivity contribution < 1.29 is 31.8 Å². The van der Waals surface area contributed by atoms with E-state index in [0.717, 1.165) is 28.4 Å². The predicted octanol–water partition coefficient (Wildman–Crippen LogP) is 3.26. The molecule has 2 rings (SSSR count). The number of ether oxygens (including phenoxy) is 1. The molecule has 2 aromatic rings. The number of benzene rings is 2. The highest BCUT2D eigenvalue weighted by Crippen LogP contribution is 2.28. The van der Waals surface area contributed by atoms with Crippen LogP contribution in [0.15, 0.2) is 50.7 Å². The third-order valence-electron chi connectivity index (χ3n) is 3.10. The van der Waals surface area contributed by atoms with Crippen LogP contribution in [0.25, 0.3) is 0 Å². The van der Waals surface area contributed by atoms with E-state index in [4.69, 9.17) is 5.11 Å². The first kappa shape index (κ1) is 21.6. The fourth-order valence-corrected chi connectivity index (χ4v) is 4.17. The van der Waals surface area contributed by atoms with Crippen molar-refractivity contribution in [1.82, 2.24) is 4.72 Å². The Balaban J connectivity index is 1.91. The van der Waals surface area contributed by atoms with Gasteiger partial charge >= 0.3 is 5.97 Å². The zero-order valence-electron chi connectivity index (χ0n) is 13.6. The number of carboxylic acids is 1. The first-order valence-electron chi connectivity index (χ1n) is 7.41. The van der Waals surface area contributed by atoms with Crippen molar-refractivity contribution in [3.05, 3.63) is 52.5 Å². The summed E-state index contributed by atoms with van der Waals surface area (Å²) in [5, 5.41) is 8.48. The lowest BCUT2D eigenvalue weighted by molar-refractivity contribution is -0.139. The van der Waals surface area contributed by atoms with Crippen molar-refractivity contribution in [2.45, 2.75) is 9.79 Å². The van der Waals surface area contributed by atoms with Gasteiger partial charge in [-0.25, -0.2) is 26.7 Å². The molecule has 0 unspecified atom stereocenters. The van der Waals surface area contributed by atoms with E-state index in [1.165, 1.54) is 12.1 Å². The lowest BCUT2D eigenvalue weighted by atomic mass is 10.3. The number of sulfonamides is 1. The van der Waals surface area contributed by atoms with Gasteiger partial charge < -0.3 is 9.84 Å². The second kappa shape index (κ2) is 9.49. The van der Waals surface area contributed by atoms with E-state index in [1.807, 2.05) is 0 Å². The number of aliphatic carboxylic acids is 1. The molecular weight excluding hydrogens is 468 g/mol. The summed E-state index contributed by atoms with van der Waals surface area (Å²) in [6.07, 6.45) is 0. The monoisotopic (exact) mass is 481 g/mol. The molecule has 2 N–H and O–H groups in total. The number of hydrogen-bond donors (Lipinski definition) is 2. The van der Waals surface area contributed by atoms with Gasteiger partial charge in [-0.15, -0.1) is 11.8 Å². The highest BCUT2D eigenvalue weighted by molar-refractivity contribution is 9.10. The topological polar surface area (TPSA) is 92.7 Å². The molecule has 0 aliphatic heterocycles. The van der Waals surface area contributed by atoms with E-state index in [-0.39, 0.29) is 22.1 Å². The summed E-state index contributed by atoms with van der Waals surface area (Å²) < 4.78 is 59.6. The molecule has 0 aliphatic carbocycles. The Morgan fingerprint density at radius 2 is 1.78 bits per heavy atom. The number of thioether (sulfide) groups is 1. The van der Waals surface area contributed by atoms with Gasteiger partial charge in [0.05, 0.1) is 4.90 Å². The van der Waals surface area contributed by atoms with Crippen LogP contribution >= 0.6 is 27.7 Å². The average Bonchev–Trinajstić information content (AvgIpc) is 2.58. The van der Waals surface area contributed by atoms with Crippen LogP contribution in [0.3, 0.4) is 0 Å². The van der Waals surface area contributed by atoms with E-state index in [2.05, 4.69) is 25.4 Å². The lowest BCUT2D eigenvalue weighted by Crippen LogP contribution is -2.26. The van der Waals surface area contributed by atoms with Crippen LogP contribution in [0.5, 0.6) is 5.75 Å². The molecule has 2 aromatic carbocycles. The van der Waals surface area contributed by atoms with Gasteiger partial charge in [0.25, 0.3) is 0 Å². The van der Waals surface area contributed by atoms with Crippen molar-refractivity contribution >= 4 is 43.7 Å². The van der Waals surface area contributed by atoms with Crippen LogP contribution in [0.1, 0.15) is 0 Å². The smallest absolute Gasteiger partial charge is 0.341 e. The van der Waals surface area contributed by atoms with Gasteiger partial charge in [-0.05, 0) is 36.4 Å². The molecule has 0 heterocycles. The molecule has 0 bridgehead atoms. The quantitative estimate of drug-likeness (QED) is 0.421. The van der Waals surface area contributed by atoms with E-state index < -0.39 is 40.0 Å². The minimum atomic E-state index is -3.68. The lowest BCUT2D eigenvalue weighted by Gasteiger charge is -2.09. The van der Waals surface area contributed by atoms with Gasteiger partial charge in [-0.1, -0.05) is 15.9 Å². The van der Waals surface area contributed by atoms with Gasteiger partial charge in [0, 0.05) is 21.7 Å². The number of halogens is 3. The summed E-state index contributed by atoms with van der Waals surface area (Å²) in [6, 6.07) is 8.08. The largest absolute Gasteiger partial charge is 0.479 e. The van der Waals surface area contributed by atoms with Crippen molar-refractivity contribution in [2.75, 3.05) is 18.9 Å². The van der Waals surface area contributed by atoms with Gasteiger partial charge in [0.15, 0.2) is 24.0 Å². The molecular formula is C16H14BrF2NO5S2. The Morgan fingerprint density at radius 1 is 1.19 bits per heavy atom. The summed E-state index contributed by atoms with van der Waals surface area (Å²) >= 11 is 4.25. The molecule has 0 atom stereocenters. The van der Waals surface area contributed by atoms with Crippen LogP contribution < -0.4 is 9.46 Å². The van der Waals surface area contributed by atoms with E-state index in [0.29, 0.717) is 0 Å². The third kappa shape index (κ3) is 6.45. The number of hydrogen-bond acceptors (Lipinski definition) is 5. The average molecular weight is 482 g/mol. The Bertz CT molecular complexity index is 900. The maximum Gasteiger partial charge on any atom is 0.341 e.